The number of Topliss-reactive ketones (excluding diaryl/α,β-unsaturated/α-hetero) is 1. The normalized spacial score (nSPS) is 22.4. The van der Waals surface area contributed by atoms with Crippen LogP contribution in [0.25, 0.3) is 0 Å². The highest BCUT2D eigenvalue weighted by atomic mass is 79.9. The van der Waals surface area contributed by atoms with Gasteiger partial charge in [0.15, 0.2) is 5.78 Å². The van der Waals surface area contributed by atoms with Gasteiger partial charge >= 0.3 is 0 Å². The minimum atomic E-state index is -0.151. The Balaban J connectivity index is 2.02. The molecular weight excluding hydrogens is 268 g/mol. The predicted octanol–water partition coefficient (Wildman–Crippen LogP) is 2.98. The molecule has 3 heteroatoms. The quantitative estimate of drug-likeness (QED) is 0.730. The molecule has 0 aromatic heterocycles. The zero-order valence-electron chi connectivity index (χ0n) is 8.96. The van der Waals surface area contributed by atoms with Gasteiger partial charge in [0.25, 0.3) is 0 Å². The van der Waals surface area contributed by atoms with Gasteiger partial charge in [0.1, 0.15) is 0 Å². The lowest BCUT2D eigenvalue weighted by molar-refractivity contribution is 0.0205. The molecular formula is C13H13BrO2. The molecule has 1 aliphatic carbocycles. The van der Waals surface area contributed by atoms with Crippen molar-refractivity contribution in [3.8, 4) is 0 Å². The molecule has 1 saturated heterocycles. The largest absolute Gasteiger partial charge is 0.381 e. The third-order valence-corrected chi connectivity index (χ3v) is 4.27. The Morgan fingerprint density at radius 2 is 2.00 bits per heavy atom. The van der Waals surface area contributed by atoms with Gasteiger partial charge in [0.05, 0.1) is 0 Å². The molecule has 0 bridgehead atoms. The Morgan fingerprint density at radius 3 is 2.75 bits per heavy atom. The van der Waals surface area contributed by atoms with Crippen molar-refractivity contribution >= 4 is 21.7 Å². The van der Waals surface area contributed by atoms with Gasteiger partial charge in [0, 0.05) is 28.7 Å². The smallest absolute Gasteiger partial charge is 0.169 e. The number of fused-ring (bicyclic) bond motifs is 1. The summed E-state index contributed by atoms with van der Waals surface area (Å²) in [4.78, 5) is 12.4. The SMILES string of the molecule is O=C1c2cc(Br)ccc2CC12CCOCC2. The first-order valence-corrected chi connectivity index (χ1v) is 6.42. The summed E-state index contributed by atoms with van der Waals surface area (Å²) in [6.07, 6.45) is 2.65. The summed E-state index contributed by atoms with van der Waals surface area (Å²) in [6, 6.07) is 6.05. The fraction of sp³-hybridized carbons (Fsp3) is 0.462. The van der Waals surface area contributed by atoms with E-state index < -0.39 is 0 Å². The van der Waals surface area contributed by atoms with Crippen LogP contribution in [0, 0.1) is 5.41 Å². The molecule has 16 heavy (non-hydrogen) atoms. The lowest BCUT2D eigenvalue weighted by atomic mass is 9.77. The van der Waals surface area contributed by atoms with Crippen molar-refractivity contribution in [1.29, 1.82) is 0 Å². The Bertz CT molecular complexity index is 447. The number of carbonyl (C=O) groups is 1. The molecule has 1 aromatic rings. The van der Waals surface area contributed by atoms with E-state index >= 15 is 0 Å². The van der Waals surface area contributed by atoms with Crippen LogP contribution in [-0.4, -0.2) is 19.0 Å². The molecule has 84 valence electrons. The Labute approximate surface area is 103 Å². The molecule has 1 aliphatic heterocycles. The van der Waals surface area contributed by atoms with Gasteiger partial charge < -0.3 is 4.74 Å². The van der Waals surface area contributed by atoms with Crippen LogP contribution in [-0.2, 0) is 11.2 Å². The van der Waals surface area contributed by atoms with E-state index in [9.17, 15) is 4.79 Å². The van der Waals surface area contributed by atoms with Crippen LogP contribution in [0.1, 0.15) is 28.8 Å². The minimum absolute atomic E-state index is 0.151. The summed E-state index contributed by atoms with van der Waals surface area (Å²) < 4.78 is 6.36. The molecule has 0 amide bonds. The van der Waals surface area contributed by atoms with Crippen LogP contribution in [0.3, 0.4) is 0 Å². The molecule has 0 atom stereocenters. The highest BCUT2D eigenvalue weighted by Crippen LogP contribution is 2.44. The van der Waals surface area contributed by atoms with Gasteiger partial charge in [-0.25, -0.2) is 0 Å². The number of carbonyl (C=O) groups excluding carboxylic acids is 1. The van der Waals surface area contributed by atoms with E-state index in [0.29, 0.717) is 5.78 Å². The number of benzene rings is 1. The lowest BCUT2D eigenvalue weighted by Crippen LogP contribution is -2.34. The maximum atomic E-state index is 12.4. The molecule has 0 saturated carbocycles. The molecule has 1 heterocycles. The van der Waals surface area contributed by atoms with Crippen molar-refractivity contribution in [2.75, 3.05) is 13.2 Å². The van der Waals surface area contributed by atoms with E-state index in [1.807, 2.05) is 12.1 Å². The van der Waals surface area contributed by atoms with Gasteiger partial charge in [-0.15, -0.1) is 0 Å². The van der Waals surface area contributed by atoms with Crippen LogP contribution < -0.4 is 0 Å². The third-order valence-electron chi connectivity index (χ3n) is 3.78. The number of rotatable bonds is 0. The van der Waals surface area contributed by atoms with Crippen molar-refractivity contribution in [2.45, 2.75) is 19.3 Å². The first kappa shape index (κ1) is 10.5. The number of hydrogen-bond donors (Lipinski definition) is 0. The van der Waals surface area contributed by atoms with Gasteiger partial charge in [-0.2, -0.15) is 0 Å². The van der Waals surface area contributed by atoms with Crippen LogP contribution in [0.2, 0.25) is 0 Å². The molecule has 1 aromatic carbocycles. The summed E-state index contributed by atoms with van der Waals surface area (Å²) in [7, 11) is 0. The van der Waals surface area contributed by atoms with Gasteiger partial charge in [0.2, 0.25) is 0 Å². The molecule has 2 aliphatic rings. The van der Waals surface area contributed by atoms with E-state index in [4.69, 9.17) is 4.74 Å². The highest BCUT2D eigenvalue weighted by Gasteiger charge is 2.46. The van der Waals surface area contributed by atoms with Crippen molar-refractivity contribution < 1.29 is 9.53 Å². The predicted molar refractivity (Wildman–Crippen MR) is 64.7 cm³/mol. The second kappa shape index (κ2) is 3.67. The Hall–Kier alpha value is -0.670. The van der Waals surface area contributed by atoms with E-state index in [1.165, 1.54) is 5.56 Å². The van der Waals surface area contributed by atoms with Crippen molar-refractivity contribution in [3.05, 3.63) is 33.8 Å². The third kappa shape index (κ3) is 1.45. The monoisotopic (exact) mass is 280 g/mol. The van der Waals surface area contributed by atoms with Crippen LogP contribution in [0.15, 0.2) is 22.7 Å². The molecule has 0 radical (unpaired) electrons. The Kier molecular flexibility index (Phi) is 2.41. The van der Waals surface area contributed by atoms with Crippen LogP contribution in [0.5, 0.6) is 0 Å². The second-order valence-corrected chi connectivity index (χ2v) is 5.62. The highest BCUT2D eigenvalue weighted by molar-refractivity contribution is 9.10. The van der Waals surface area contributed by atoms with E-state index in [1.54, 1.807) is 0 Å². The molecule has 0 N–H and O–H groups in total. The molecule has 3 rings (SSSR count). The summed E-state index contributed by atoms with van der Waals surface area (Å²) in [5.74, 6) is 0.326. The zero-order chi connectivity index (χ0) is 11.2. The summed E-state index contributed by atoms with van der Waals surface area (Å²) in [5, 5.41) is 0. The molecule has 1 spiro atoms. The van der Waals surface area contributed by atoms with E-state index in [2.05, 4.69) is 22.0 Å². The zero-order valence-corrected chi connectivity index (χ0v) is 10.5. The second-order valence-electron chi connectivity index (χ2n) is 4.70. The first-order chi connectivity index (χ1) is 7.71. The number of halogens is 1. The van der Waals surface area contributed by atoms with Crippen molar-refractivity contribution in [1.82, 2.24) is 0 Å². The van der Waals surface area contributed by atoms with Crippen LogP contribution in [0.4, 0.5) is 0 Å². The molecule has 2 nitrogen and oxygen atoms in total. The van der Waals surface area contributed by atoms with Gasteiger partial charge in [-0.1, -0.05) is 22.0 Å². The van der Waals surface area contributed by atoms with Crippen LogP contribution >= 0.6 is 15.9 Å². The van der Waals surface area contributed by atoms with E-state index in [0.717, 1.165) is 42.5 Å². The molecule has 1 fully saturated rings. The maximum absolute atomic E-state index is 12.4. The lowest BCUT2D eigenvalue weighted by Gasteiger charge is -2.31. The maximum Gasteiger partial charge on any atom is 0.169 e. The number of ether oxygens (including phenoxy) is 1. The first-order valence-electron chi connectivity index (χ1n) is 5.62. The average Bonchev–Trinajstić information content (AvgIpc) is 2.55. The standard InChI is InChI=1S/C13H13BrO2/c14-10-2-1-9-8-13(3-5-16-6-4-13)12(15)11(9)7-10/h1-2,7H,3-6,8H2. The van der Waals surface area contributed by atoms with Gasteiger partial charge in [-0.05, 0) is 37.0 Å². The summed E-state index contributed by atoms with van der Waals surface area (Å²) in [5.41, 5.74) is 1.97. The summed E-state index contributed by atoms with van der Waals surface area (Å²) >= 11 is 3.43. The van der Waals surface area contributed by atoms with Gasteiger partial charge in [-0.3, -0.25) is 4.79 Å². The van der Waals surface area contributed by atoms with E-state index in [-0.39, 0.29) is 5.41 Å². The topological polar surface area (TPSA) is 26.3 Å². The van der Waals surface area contributed by atoms with Crippen molar-refractivity contribution in [3.63, 3.8) is 0 Å². The fourth-order valence-electron chi connectivity index (χ4n) is 2.81. The Morgan fingerprint density at radius 1 is 1.25 bits per heavy atom. The fourth-order valence-corrected chi connectivity index (χ4v) is 3.17. The minimum Gasteiger partial charge on any atom is -0.381 e. The number of hydrogen-bond acceptors (Lipinski definition) is 2. The average molecular weight is 281 g/mol. The molecule has 0 unspecified atom stereocenters. The van der Waals surface area contributed by atoms with Crippen molar-refractivity contribution in [2.24, 2.45) is 5.41 Å². The summed E-state index contributed by atoms with van der Waals surface area (Å²) in [6.45, 7) is 1.45. The number of ketones is 1.